The molecule has 1 N–H and O–H groups in total. The molecule has 1 unspecified atom stereocenters. The van der Waals surface area contributed by atoms with Crippen LogP contribution in [0.3, 0.4) is 0 Å². The maximum atomic E-state index is 12.3. The van der Waals surface area contributed by atoms with Gasteiger partial charge in [0.2, 0.25) is 0 Å². The van der Waals surface area contributed by atoms with Gasteiger partial charge in [-0.1, -0.05) is 44.2 Å². The average Bonchev–Trinajstić information content (AvgIpc) is 2.89. The van der Waals surface area contributed by atoms with Crippen LogP contribution in [-0.2, 0) is 22.6 Å². The van der Waals surface area contributed by atoms with E-state index in [4.69, 9.17) is 19.5 Å². The first kappa shape index (κ1) is 27.6. The third-order valence-corrected chi connectivity index (χ3v) is 5.59. The van der Waals surface area contributed by atoms with Crippen LogP contribution in [0.25, 0.3) is 0 Å². The number of nitrogens with zero attached hydrogens (tertiary/aromatic N) is 1. The van der Waals surface area contributed by atoms with Crippen LogP contribution in [0, 0.1) is 17.2 Å². The summed E-state index contributed by atoms with van der Waals surface area (Å²) in [5, 5.41) is 24.4. The van der Waals surface area contributed by atoms with Crippen molar-refractivity contribution in [3.8, 4) is 17.6 Å². The van der Waals surface area contributed by atoms with Gasteiger partial charge >= 0.3 is 0 Å². The van der Waals surface area contributed by atoms with Crippen molar-refractivity contribution in [2.45, 2.75) is 39.8 Å². The smallest absolute Gasteiger partial charge is 0.125 e. The van der Waals surface area contributed by atoms with Crippen molar-refractivity contribution in [3.63, 3.8) is 0 Å². The minimum absolute atomic E-state index is 0.242. The lowest BCUT2D eigenvalue weighted by Gasteiger charge is -2.26. The van der Waals surface area contributed by atoms with E-state index in [1.165, 1.54) is 0 Å². The summed E-state index contributed by atoms with van der Waals surface area (Å²) in [6.07, 6.45) is 0.746. The minimum Gasteiger partial charge on any atom is -0.548 e. The van der Waals surface area contributed by atoms with Gasteiger partial charge in [-0.05, 0) is 66.8 Å². The molecule has 0 spiro atoms. The Morgan fingerprint density at radius 3 is 2.35 bits per heavy atom. The molecule has 3 aromatic rings. The van der Waals surface area contributed by atoms with E-state index in [0.717, 1.165) is 17.5 Å². The van der Waals surface area contributed by atoms with Crippen LogP contribution in [0.15, 0.2) is 66.7 Å². The lowest BCUT2D eigenvalue weighted by molar-refractivity contribution is -0.307. The molecule has 3 rings (SSSR count). The van der Waals surface area contributed by atoms with Gasteiger partial charge in [0.05, 0.1) is 43.5 Å². The Labute approximate surface area is 218 Å². The Morgan fingerprint density at radius 2 is 1.73 bits per heavy atom. The van der Waals surface area contributed by atoms with Gasteiger partial charge in [-0.25, -0.2) is 0 Å². The van der Waals surface area contributed by atoms with E-state index in [1.54, 1.807) is 30.3 Å². The number of aliphatic carboxylic acids is 1. The van der Waals surface area contributed by atoms with Crippen molar-refractivity contribution >= 4 is 11.7 Å². The molecule has 0 aromatic heterocycles. The van der Waals surface area contributed by atoms with E-state index in [-0.39, 0.29) is 6.61 Å². The van der Waals surface area contributed by atoms with Gasteiger partial charge in [0.15, 0.2) is 0 Å². The molecule has 3 aromatic carbocycles. The molecular formula is C30H33N2O5-. The van der Waals surface area contributed by atoms with Crippen molar-refractivity contribution in [1.29, 1.82) is 5.26 Å². The highest BCUT2D eigenvalue weighted by atomic mass is 16.5. The molecule has 194 valence electrons. The topological polar surface area (TPSA) is 104 Å². The highest BCUT2D eigenvalue weighted by Gasteiger charge is 2.22. The maximum absolute atomic E-state index is 12.3. The molecule has 0 saturated heterocycles. The number of hydrogen-bond acceptors (Lipinski definition) is 7. The molecule has 0 heterocycles. The van der Waals surface area contributed by atoms with Crippen molar-refractivity contribution in [2.24, 2.45) is 5.92 Å². The summed E-state index contributed by atoms with van der Waals surface area (Å²) >= 11 is 0. The first-order valence-electron chi connectivity index (χ1n) is 12.4. The summed E-state index contributed by atoms with van der Waals surface area (Å²) < 4.78 is 17.7. The number of hydrogen-bond donors (Lipinski definition) is 1. The first-order chi connectivity index (χ1) is 17.9. The van der Waals surface area contributed by atoms with Gasteiger partial charge in [0.1, 0.15) is 18.1 Å². The van der Waals surface area contributed by atoms with Crippen LogP contribution in [0.5, 0.6) is 11.5 Å². The zero-order valence-corrected chi connectivity index (χ0v) is 21.5. The molecule has 0 aliphatic carbocycles. The summed E-state index contributed by atoms with van der Waals surface area (Å²) in [6, 6.07) is 20.8. The molecule has 7 nitrogen and oxygen atoms in total. The second-order valence-corrected chi connectivity index (χ2v) is 9.00. The first-order valence-corrected chi connectivity index (χ1v) is 12.4. The number of carboxylic acid groups (broad SMARTS) is 1. The number of nitrogens with one attached hydrogen (secondary N) is 1. The number of anilines is 1. The van der Waals surface area contributed by atoms with Gasteiger partial charge in [-0.2, -0.15) is 5.26 Å². The Morgan fingerprint density at radius 1 is 1.00 bits per heavy atom. The normalized spacial score (nSPS) is 11.5. The maximum Gasteiger partial charge on any atom is 0.125 e. The third-order valence-electron chi connectivity index (χ3n) is 5.59. The van der Waals surface area contributed by atoms with Gasteiger partial charge < -0.3 is 29.4 Å². The standard InChI is InChI=1S/C30H34N2O5/c1-4-36-27-18-26(29(30(33)34)32-25-12-10-22(19-31)11-13-25)28(17-24(27)16-21(2)3)37-15-14-35-20-23-8-6-5-7-9-23/h5-13,17-18,21,29,32H,4,14-16,20H2,1-3H3,(H,33,34)/p-1. The fraction of sp³-hybridized carbons (Fsp3) is 0.333. The summed E-state index contributed by atoms with van der Waals surface area (Å²) in [6.45, 7) is 7.58. The van der Waals surface area contributed by atoms with Gasteiger partial charge in [-0.3, -0.25) is 0 Å². The predicted octanol–water partition coefficient (Wildman–Crippen LogP) is 4.65. The third kappa shape index (κ3) is 8.26. The summed E-state index contributed by atoms with van der Waals surface area (Å²) in [7, 11) is 0. The molecular weight excluding hydrogens is 468 g/mol. The van der Waals surface area contributed by atoms with E-state index in [1.807, 2.05) is 43.3 Å². The van der Waals surface area contributed by atoms with E-state index in [9.17, 15) is 9.90 Å². The van der Waals surface area contributed by atoms with E-state index in [0.29, 0.717) is 54.1 Å². The van der Waals surface area contributed by atoms with Crippen LogP contribution in [0.2, 0.25) is 0 Å². The number of carboxylic acids is 1. The van der Waals surface area contributed by atoms with Crippen molar-refractivity contribution in [3.05, 3.63) is 89.0 Å². The van der Waals surface area contributed by atoms with Crippen LogP contribution < -0.4 is 19.9 Å². The molecule has 0 bridgehead atoms. The average molecular weight is 502 g/mol. The largest absolute Gasteiger partial charge is 0.548 e. The minimum atomic E-state index is -1.31. The lowest BCUT2D eigenvalue weighted by atomic mass is 9.96. The molecule has 0 amide bonds. The molecule has 37 heavy (non-hydrogen) atoms. The summed E-state index contributed by atoms with van der Waals surface area (Å²) in [5.41, 5.74) is 3.41. The molecule has 0 saturated carbocycles. The highest BCUT2D eigenvalue weighted by molar-refractivity contribution is 5.79. The summed E-state index contributed by atoms with van der Waals surface area (Å²) in [4.78, 5) is 12.3. The number of nitriles is 1. The van der Waals surface area contributed by atoms with Crippen LogP contribution in [-0.4, -0.2) is 25.8 Å². The second kappa shape index (κ2) is 13.9. The molecule has 0 fully saturated rings. The predicted molar refractivity (Wildman–Crippen MR) is 140 cm³/mol. The number of benzene rings is 3. The van der Waals surface area contributed by atoms with E-state index in [2.05, 4.69) is 25.2 Å². The monoisotopic (exact) mass is 501 g/mol. The quantitative estimate of drug-likeness (QED) is 0.321. The highest BCUT2D eigenvalue weighted by Crippen LogP contribution is 2.36. The number of carbonyl (C=O) groups is 1. The van der Waals surface area contributed by atoms with Crippen LogP contribution >= 0.6 is 0 Å². The molecule has 0 aliphatic rings. The Bertz CT molecular complexity index is 1190. The van der Waals surface area contributed by atoms with Crippen molar-refractivity contribution in [1.82, 2.24) is 0 Å². The molecule has 7 heteroatoms. The number of carbonyl (C=O) groups excluding carboxylic acids is 1. The second-order valence-electron chi connectivity index (χ2n) is 9.00. The van der Waals surface area contributed by atoms with Crippen molar-refractivity contribution < 1.29 is 24.1 Å². The van der Waals surface area contributed by atoms with Crippen LogP contribution in [0.1, 0.15) is 49.1 Å². The molecule has 1 atom stereocenters. The fourth-order valence-corrected chi connectivity index (χ4v) is 3.90. The Hall–Kier alpha value is -4.02. The van der Waals surface area contributed by atoms with Crippen molar-refractivity contribution in [2.75, 3.05) is 25.1 Å². The fourth-order valence-electron chi connectivity index (χ4n) is 3.90. The summed E-state index contributed by atoms with van der Waals surface area (Å²) in [5.74, 6) is 0.0962. The zero-order valence-electron chi connectivity index (χ0n) is 21.5. The zero-order chi connectivity index (χ0) is 26.6. The van der Waals surface area contributed by atoms with Gasteiger partial charge in [0, 0.05) is 11.3 Å². The van der Waals surface area contributed by atoms with Gasteiger partial charge in [-0.15, -0.1) is 0 Å². The Kier molecular flexibility index (Phi) is 10.4. The van der Waals surface area contributed by atoms with E-state index >= 15 is 0 Å². The van der Waals surface area contributed by atoms with Gasteiger partial charge in [0.25, 0.3) is 0 Å². The number of ether oxygens (including phenoxy) is 3. The number of rotatable bonds is 14. The van der Waals surface area contributed by atoms with Crippen LogP contribution in [0.4, 0.5) is 5.69 Å². The SMILES string of the molecule is CCOc1cc(C(Nc2ccc(C#N)cc2)C(=O)[O-])c(OCCOCc2ccccc2)cc1CC(C)C. The lowest BCUT2D eigenvalue weighted by Crippen LogP contribution is -2.34. The van der Waals surface area contributed by atoms with E-state index < -0.39 is 12.0 Å². The molecule has 0 aliphatic heterocycles. The Balaban J connectivity index is 1.86. The molecule has 0 radical (unpaired) electrons.